The highest BCUT2D eigenvalue weighted by Gasteiger charge is 2.53. The summed E-state index contributed by atoms with van der Waals surface area (Å²) in [5.41, 5.74) is 1.45. The SMILES string of the molecule is C#CC1CC2(CN1C=C)C(=O)Nc1ccccc12. The first-order valence-corrected chi connectivity index (χ1v) is 5.97. The second-order valence-electron chi connectivity index (χ2n) is 4.82. The van der Waals surface area contributed by atoms with Gasteiger partial charge in [0.25, 0.3) is 0 Å². The Hall–Kier alpha value is -2.21. The molecule has 1 amide bonds. The Bertz CT molecular complexity index is 572. The topological polar surface area (TPSA) is 32.3 Å². The number of likely N-dealkylation sites (tertiary alicyclic amines) is 1. The smallest absolute Gasteiger partial charge is 0.237 e. The van der Waals surface area contributed by atoms with Crippen molar-refractivity contribution in [3.63, 3.8) is 0 Å². The molecule has 0 saturated carbocycles. The maximum atomic E-state index is 12.3. The fraction of sp³-hybridized carbons (Fsp3) is 0.267. The van der Waals surface area contributed by atoms with Crippen molar-refractivity contribution in [2.75, 3.05) is 11.9 Å². The van der Waals surface area contributed by atoms with Crippen LogP contribution >= 0.6 is 0 Å². The molecule has 0 bridgehead atoms. The van der Waals surface area contributed by atoms with Crippen LogP contribution in [-0.4, -0.2) is 23.4 Å². The lowest BCUT2D eigenvalue weighted by molar-refractivity contribution is -0.120. The van der Waals surface area contributed by atoms with Crippen LogP contribution in [0.5, 0.6) is 0 Å². The van der Waals surface area contributed by atoms with Gasteiger partial charge >= 0.3 is 0 Å². The molecule has 1 spiro atoms. The van der Waals surface area contributed by atoms with E-state index in [1.54, 1.807) is 6.20 Å². The number of hydrogen-bond donors (Lipinski definition) is 1. The van der Waals surface area contributed by atoms with Crippen molar-refractivity contribution in [3.05, 3.63) is 42.6 Å². The van der Waals surface area contributed by atoms with Gasteiger partial charge in [-0.2, -0.15) is 0 Å². The van der Waals surface area contributed by atoms with Crippen molar-refractivity contribution in [2.24, 2.45) is 0 Å². The van der Waals surface area contributed by atoms with Gasteiger partial charge < -0.3 is 10.2 Å². The number of terminal acetylenes is 1. The van der Waals surface area contributed by atoms with Gasteiger partial charge in [-0.1, -0.05) is 30.7 Å². The zero-order valence-electron chi connectivity index (χ0n) is 10.0. The van der Waals surface area contributed by atoms with Crippen LogP contribution in [0, 0.1) is 12.3 Å². The Balaban J connectivity index is 2.10. The molecule has 1 fully saturated rings. The van der Waals surface area contributed by atoms with Crippen molar-refractivity contribution < 1.29 is 4.79 Å². The predicted molar refractivity (Wildman–Crippen MR) is 70.9 cm³/mol. The first-order valence-electron chi connectivity index (χ1n) is 5.97. The molecule has 1 aromatic rings. The number of rotatable bonds is 1. The molecule has 2 heterocycles. The highest BCUT2D eigenvalue weighted by atomic mass is 16.2. The lowest BCUT2D eigenvalue weighted by Crippen LogP contribution is -2.36. The summed E-state index contributed by atoms with van der Waals surface area (Å²) in [6.45, 7) is 4.38. The number of hydrogen-bond acceptors (Lipinski definition) is 2. The summed E-state index contributed by atoms with van der Waals surface area (Å²) >= 11 is 0. The Morgan fingerprint density at radius 3 is 3.00 bits per heavy atom. The molecule has 3 rings (SSSR count). The average molecular weight is 238 g/mol. The maximum Gasteiger partial charge on any atom is 0.237 e. The third-order valence-electron chi connectivity index (χ3n) is 3.95. The Morgan fingerprint density at radius 2 is 2.33 bits per heavy atom. The zero-order chi connectivity index (χ0) is 12.8. The van der Waals surface area contributed by atoms with Gasteiger partial charge in [0.15, 0.2) is 0 Å². The Morgan fingerprint density at radius 1 is 1.56 bits per heavy atom. The van der Waals surface area contributed by atoms with Crippen LogP contribution in [0.25, 0.3) is 0 Å². The van der Waals surface area contributed by atoms with Crippen LogP contribution in [0.3, 0.4) is 0 Å². The van der Waals surface area contributed by atoms with Crippen molar-refractivity contribution in [3.8, 4) is 12.3 Å². The molecule has 0 aromatic heterocycles. The molecular weight excluding hydrogens is 224 g/mol. The zero-order valence-corrected chi connectivity index (χ0v) is 10.0. The Labute approximate surface area is 106 Å². The minimum absolute atomic E-state index is 0.0494. The van der Waals surface area contributed by atoms with Gasteiger partial charge in [0.1, 0.15) is 0 Å². The lowest BCUT2D eigenvalue weighted by Gasteiger charge is -2.21. The molecule has 0 aliphatic carbocycles. The van der Waals surface area contributed by atoms with Gasteiger partial charge in [-0.3, -0.25) is 4.79 Å². The van der Waals surface area contributed by atoms with Crippen molar-refractivity contribution >= 4 is 11.6 Å². The van der Waals surface area contributed by atoms with Gasteiger partial charge in [-0.25, -0.2) is 0 Å². The van der Waals surface area contributed by atoms with E-state index in [1.807, 2.05) is 29.2 Å². The first-order chi connectivity index (χ1) is 8.71. The van der Waals surface area contributed by atoms with E-state index in [9.17, 15) is 4.79 Å². The van der Waals surface area contributed by atoms with E-state index in [1.165, 1.54) is 0 Å². The third-order valence-corrected chi connectivity index (χ3v) is 3.95. The third kappa shape index (κ3) is 1.23. The minimum atomic E-state index is -0.512. The number of nitrogens with one attached hydrogen (secondary N) is 1. The standard InChI is InChI=1S/C15H14N2O/c1-3-11-9-15(10-17(11)4-2)12-7-5-6-8-13(12)16-14(15)18/h1,4-8,11H,2,9-10H2,(H,16,18). The van der Waals surface area contributed by atoms with E-state index < -0.39 is 5.41 Å². The van der Waals surface area contributed by atoms with E-state index >= 15 is 0 Å². The van der Waals surface area contributed by atoms with Crippen molar-refractivity contribution in [1.29, 1.82) is 0 Å². The highest BCUT2D eigenvalue weighted by Crippen LogP contribution is 2.46. The molecule has 90 valence electrons. The van der Waals surface area contributed by atoms with Crippen LogP contribution in [0.4, 0.5) is 5.69 Å². The normalized spacial score (nSPS) is 28.9. The van der Waals surface area contributed by atoms with Crippen molar-refractivity contribution in [2.45, 2.75) is 17.9 Å². The summed E-state index contributed by atoms with van der Waals surface area (Å²) in [5.74, 6) is 2.79. The summed E-state index contributed by atoms with van der Waals surface area (Å²) < 4.78 is 0. The second-order valence-corrected chi connectivity index (χ2v) is 4.82. The van der Waals surface area contributed by atoms with Crippen molar-refractivity contribution in [1.82, 2.24) is 4.90 Å². The predicted octanol–water partition coefficient (Wildman–Crippen LogP) is 1.73. The minimum Gasteiger partial charge on any atom is -0.363 e. The number of benzene rings is 1. The summed E-state index contributed by atoms with van der Waals surface area (Å²) in [4.78, 5) is 14.3. The summed E-state index contributed by atoms with van der Waals surface area (Å²) in [5, 5.41) is 2.95. The van der Waals surface area contributed by atoms with Gasteiger partial charge in [0.05, 0.1) is 11.5 Å². The quantitative estimate of drug-likeness (QED) is 0.756. The second kappa shape index (κ2) is 3.64. The largest absolute Gasteiger partial charge is 0.363 e. The fourth-order valence-corrected chi connectivity index (χ4v) is 3.01. The van der Waals surface area contributed by atoms with Crippen LogP contribution in [0.1, 0.15) is 12.0 Å². The lowest BCUT2D eigenvalue weighted by atomic mass is 9.80. The monoisotopic (exact) mass is 238 g/mol. The van der Waals surface area contributed by atoms with Gasteiger partial charge in [0.2, 0.25) is 5.91 Å². The first kappa shape index (κ1) is 10.9. The van der Waals surface area contributed by atoms with E-state index in [0.29, 0.717) is 13.0 Å². The summed E-state index contributed by atoms with van der Waals surface area (Å²) in [7, 11) is 0. The highest BCUT2D eigenvalue weighted by molar-refractivity contribution is 6.06. The fourth-order valence-electron chi connectivity index (χ4n) is 3.01. The summed E-state index contributed by atoms with van der Waals surface area (Å²) in [6, 6.07) is 7.77. The molecule has 3 nitrogen and oxygen atoms in total. The molecule has 1 aromatic carbocycles. The van der Waals surface area contributed by atoms with E-state index in [0.717, 1.165) is 11.3 Å². The van der Waals surface area contributed by atoms with E-state index in [2.05, 4.69) is 17.8 Å². The number of amides is 1. The molecule has 1 N–H and O–H groups in total. The Kier molecular flexibility index (Phi) is 2.21. The molecule has 3 heteroatoms. The summed E-state index contributed by atoms with van der Waals surface area (Å²) in [6.07, 6.45) is 7.93. The number of para-hydroxylation sites is 1. The molecule has 2 aliphatic rings. The number of nitrogens with zero attached hydrogens (tertiary/aromatic N) is 1. The van der Waals surface area contributed by atoms with Gasteiger partial charge in [0, 0.05) is 12.2 Å². The van der Waals surface area contributed by atoms with Crippen LogP contribution < -0.4 is 5.32 Å². The maximum absolute atomic E-state index is 12.3. The number of carbonyl (C=O) groups excluding carboxylic acids is 1. The molecule has 1 saturated heterocycles. The molecule has 2 aliphatic heterocycles. The molecule has 0 radical (unpaired) electrons. The average Bonchev–Trinajstić information content (AvgIpc) is 2.91. The van der Waals surface area contributed by atoms with Gasteiger partial charge in [-0.15, -0.1) is 6.42 Å². The van der Waals surface area contributed by atoms with E-state index in [4.69, 9.17) is 6.42 Å². The molecule has 2 atom stereocenters. The van der Waals surface area contributed by atoms with Crippen LogP contribution in [-0.2, 0) is 10.2 Å². The molecular formula is C15H14N2O. The van der Waals surface area contributed by atoms with Gasteiger partial charge in [-0.05, 0) is 24.3 Å². The van der Waals surface area contributed by atoms with Crippen LogP contribution in [0.2, 0.25) is 0 Å². The van der Waals surface area contributed by atoms with Crippen LogP contribution in [0.15, 0.2) is 37.0 Å². The van der Waals surface area contributed by atoms with E-state index in [-0.39, 0.29) is 11.9 Å². The number of anilines is 1. The molecule has 18 heavy (non-hydrogen) atoms. The number of fused-ring (bicyclic) bond motifs is 2. The molecule has 2 unspecified atom stereocenters. The number of carbonyl (C=O) groups is 1.